The molecular weight excluding hydrogens is 173 g/mol. The van der Waals surface area contributed by atoms with E-state index in [4.69, 9.17) is 9.79 Å². The second kappa shape index (κ2) is 4.63. The van der Waals surface area contributed by atoms with Gasteiger partial charge >= 0.3 is 8.25 Å². The highest BCUT2D eigenvalue weighted by Crippen LogP contribution is 2.48. The van der Waals surface area contributed by atoms with Gasteiger partial charge in [-0.3, -0.25) is 9.13 Å². The number of hydrogen-bond donors (Lipinski definition) is 2. The summed E-state index contributed by atoms with van der Waals surface area (Å²) in [4.78, 5) is 15.9. The summed E-state index contributed by atoms with van der Waals surface area (Å²) in [6.45, 7) is 0. The molecule has 0 aliphatic carbocycles. The molecule has 0 saturated heterocycles. The first-order valence-electron chi connectivity index (χ1n) is 1.51. The molecule has 0 amide bonds. The lowest BCUT2D eigenvalue weighted by Gasteiger charge is -1.91. The predicted molar refractivity (Wildman–Crippen MR) is 31.8 cm³/mol. The maximum absolute atomic E-state index is 10.0. The number of rotatable bonds is 3. The van der Waals surface area contributed by atoms with Crippen molar-refractivity contribution in [1.29, 1.82) is 0 Å². The first-order valence-corrected chi connectivity index (χ1v) is 6.04. The van der Waals surface area contributed by atoms with E-state index in [1.807, 2.05) is 0 Å². The van der Waals surface area contributed by atoms with Crippen molar-refractivity contribution in [2.24, 2.45) is 0 Å². The zero-order chi connectivity index (χ0) is 6.57. The zero-order valence-corrected chi connectivity index (χ0v) is 6.62. The summed E-state index contributed by atoms with van der Waals surface area (Å²) in [6.07, 6.45) is 0. The zero-order valence-electron chi connectivity index (χ0n) is 3.62. The Bertz CT molecular complexity index is 106. The Morgan fingerprint density at radius 3 is 2.12 bits per heavy atom. The molecule has 5 nitrogen and oxygen atoms in total. The van der Waals surface area contributed by atoms with Gasteiger partial charge in [-0.1, -0.05) is 0 Å². The molecule has 50 valence electrons. The molecule has 0 aromatic heterocycles. The molecule has 2 N–H and O–H groups in total. The fourth-order valence-corrected chi connectivity index (χ4v) is 2.12. The highest BCUT2D eigenvalue weighted by Gasteiger charge is 1.98. The van der Waals surface area contributed by atoms with Crippen LogP contribution >= 0.6 is 24.5 Å². The van der Waals surface area contributed by atoms with Gasteiger partial charge in [0.25, 0.3) is 0 Å². The third-order valence-corrected chi connectivity index (χ3v) is 3.36. The van der Waals surface area contributed by atoms with Crippen molar-refractivity contribution < 1.29 is 23.2 Å². The maximum Gasteiger partial charge on any atom is 0.322 e. The Balaban J connectivity index is 3.40. The van der Waals surface area contributed by atoms with E-state index in [1.54, 1.807) is 0 Å². The Hall–Kier alpha value is 0.770. The monoisotopic (exact) mass is 178 g/mol. The van der Waals surface area contributed by atoms with Gasteiger partial charge in [-0.2, -0.15) is 0 Å². The van der Waals surface area contributed by atoms with Crippen LogP contribution in [0.2, 0.25) is 0 Å². The van der Waals surface area contributed by atoms with E-state index >= 15 is 0 Å². The van der Waals surface area contributed by atoms with Crippen LogP contribution in [-0.4, -0.2) is 9.79 Å². The van der Waals surface area contributed by atoms with Crippen LogP contribution < -0.4 is 0 Å². The van der Waals surface area contributed by atoms with E-state index in [1.165, 1.54) is 0 Å². The molecule has 8 heteroatoms. The van der Waals surface area contributed by atoms with Gasteiger partial charge < -0.3 is 9.79 Å². The SMILES string of the molecule is O=[PH](O)O[PH](=O)PO. The molecule has 0 rings (SSSR count). The Morgan fingerprint density at radius 2 is 2.00 bits per heavy atom. The van der Waals surface area contributed by atoms with Gasteiger partial charge in [-0.25, -0.2) is 4.31 Å². The second-order valence-electron chi connectivity index (χ2n) is 0.767. The van der Waals surface area contributed by atoms with Crippen LogP contribution in [0.15, 0.2) is 0 Å². The average Bonchev–Trinajstić information content (AvgIpc) is 1.65. The minimum Gasteiger partial charge on any atom is -0.367 e. The van der Waals surface area contributed by atoms with Crippen LogP contribution in [0, 0.1) is 0 Å². The average molecular weight is 178 g/mol. The van der Waals surface area contributed by atoms with Crippen molar-refractivity contribution in [2.75, 3.05) is 0 Å². The second-order valence-corrected chi connectivity index (χ2v) is 4.81. The molecule has 0 aromatic rings. The van der Waals surface area contributed by atoms with E-state index < -0.39 is 24.5 Å². The topological polar surface area (TPSA) is 83.8 Å². The van der Waals surface area contributed by atoms with Crippen molar-refractivity contribution in [2.45, 2.75) is 0 Å². The Labute approximate surface area is 48.6 Å². The minimum atomic E-state index is -3.12. The third kappa shape index (κ3) is 4.92. The first kappa shape index (κ1) is 8.77. The van der Waals surface area contributed by atoms with Crippen molar-refractivity contribution >= 4 is 24.5 Å². The summed E-state index contributed by atoms with van der Waals surface area (Å²) >= 11 is 0. The van der Waals surface area contributed by atoms with E-state index in [-0.39, 0.29) is 0 Å². The lowest BCUT2D eigenvalue weighted by Crippen LogP contribution is -1.55. The normalized spacial score (nSPS) is 19.2. The van der Waals surface area contributed by atoms with Gasteiger partial charge in [0, 0.05) is 0 Å². The predicted octanol–water partition coefficient (Wildman–Crippen LogP) is 0.360. The molecule has 0 saturated carbocycles. The lowest BCUT2D eigenvalue weighted by molar-refractivity contribution is 0.415. The van der Waals surface area contributed by atoms with Crippen LogP contribution in [0.5, 0.6) is 0 Å². The van der Waals surface area contributed by atoms with Gasteiger partial charge in [0.2, 0.25) is 7.72 Å². The first-order chi connectivity index (χ1) is 3.66. The van der Waals surface area contributed by atoms with Gasteiger partial charge in [0.05, 0.1) is 8.50 Å². The molecule has 8 heavy (non-hydrogen) atoms. The summed E-state index contributed by atoms with van der Waals surface area (Å²) in [6, 6.07) is 0. The van der Waals surface area contributed by atoms with Crippen LogP contribution in [0.25, 0.3) is 0 Å². The van der Waals surface area contributed by atoms with E-state index in [0.29, 0.717) is 0 Å². The van der Waals surface area contributed by atoms with E-state index in [9.17, 15) is 9.13 Å². The fraction of sp³-hybridized carbons (Fsp3) is 0. The molecule has 0 heterocycles. The largest absolute Gasteiger partial charge is 0.367 e. The molecule has 0 spiro atoms. The van der Waals surface area contributed by atoms with Crippen molar-refractivity contribution in [3.8, 4) is 0 Å². The maximum atomic E-state index is 10.0. The highest BCUT2D eigenvalue weighted by molar-refractivity contribution is 8.11. The smallest absolute Gasteiger partial charge is 0.322 e. The van der Waals surface area contributed by atoms with Crippen LogP contribution in [0.4, 0.5) is 0 Å². The highest BCUT2D eigenvalue weighted by atomic mass is 32.1. The Morgan fingerprint density at radius 1 is 1.50 bits per heavy atom. The minimum absolute atomic E-state index is 0.886. The summed E-state index contributed by atoms with van der Waals surface area (Å²) in [5.74, 6) is 0. The van der Waals surface area contributed by atoms with Crippen molar-refractivity contribution in [3.63, 3.8) is 0 Å². The van der Waals surface area contributed by atoms with Crippen LogP contribution in [-0.2, 0) is 13.4 Å². The van der Waals surface area contributed by atoms with Gasteiger partial charge in [0.15, 0.2) is 0 Å². The summed E-state index contributed by atoms with van der Waals surface area (Å²) in [7, 11) is -6.61. The van der Waals surface area contributed by atoms with Crippen molar-refractivity contribution in [3.05, 3.63) is 0 Å². The summed E-state index contributed by atoms with van der Waals surface area (Å²) < 4.78 is 23.5. The standard InChI is InChI=1S/H5O5P3/c1-6-8(4)5-7(2)3/h1,6-8H,(H,2,3). The van der Waals surface area contributed by atoms with Gasteiger partial charge in [-0.05, 0) is 0 Å². The molecular formula is H5O5P3. The van der Waals surface area contributed by atoms with E-state index in [0.717, 1.165) is 0 Å². The molecule has 3 atom stereocenters. The van der Waals surface area contributed by atoms with Crippen LogP contribution in [0.3, 0.4) is 0 Å². The molecule has 0 radical (unpaired) electrons. The quantitative estimate of drug-likeness (QED) is 0.609. The molecule has 0 fully saturated rings. The van der Waals surface area contributed by atoms with Crippen molar-refractivity contribution in [1.82, 2.24) is 0 Å². The summed E-state index contributed by atoms with van der Waals surface area (Å²) in [5.41, 5.74) is 0. The molecule has 0 aliphatic rings. The summed E-state index contributed by atoms with van der Waals surface area (Å²) in [5, 5.41) is 0. The molecule has 3 unspecified atom stereocenters. The van der Waals surface area contributed by atoms with Gasteiger partial charge in [0.1, 0.15) is 0 Å². The molecule has 0 aromatic carbocycles. The van der Waals surface area contributed by atoms with Gasteiger partial charge in [-0.15, -0.1) is 0 Å². The molecule has 0 aliphatic heterocycles. The number of hydrogen-bond acceptors (Lipinski definition) is 4. The lowest BCUT2D eigenvalue weighted by atomic mass is 15.8. The van der Waals surface area contributed by atoms with Crippen LogP contribution in [0.1, 0.15) is 0 Å². The van der Waals surface area contributed by atoms with E-state index in [2.05, 4.69) is 4.31 Å². The molecule has 0 bridgehead atoms. The Kier molecular flexibility index (Phi) is 5.08. The fourth-order valence-electron chi connectivity index (χ4n) is 0.102. The third-order valence-electron chi connectivity index (χ3n) is 0.271.